The van der Waals surface area contributed by atoms with Gasteiger partial charge in [0, 0.05) is 36.5 Å². The number of carbonyl (C=O) groups is 3. The minimum Gasteiger partial charge on any atom is -0.322 e. The number of rotatable bonds is 6. The zero-order chi connectivity index (χ0) is 20.2. The normalized spacial score (nSPS) is 13.7. The summed E-state index contributed by atoms with van der Waals surface area (Å²) in [4.78, 5) is 37.4. The second-order valence-electron chi connectivity index (χ2n) is 6.89. The van der Waals surface area contributed by atoms with Crippen LogP contribution in [0.3, 0.4) is 0 Å². The Kier molecular flexibility index (Phi) is 5.20. The van der Waals surface area contributed by atoms with Crippen LogP contribution in [0.15, 0.2) is 67.0 Å². The van der Waals surface area contributed by atoms with Crippen LogP contribution in [0, 0.1) is 0 Å². The molecule has 1 fully saturated rings. The van der Waals surface area contributed by atoms with Gasteiger partial charge in [0.25, 0.3) is 5.91 Å². The number of carbonyl (C=O) groups excluding carboxylic acids is 3. The van der Waals surface area contributed by atoms with Crippen molar-refractivity contribution < 1.29 is 14.4 Å². The first kappa shape index (κ1) is 18.6. The van der Waals surface area contributed by atoms with Gasteiger partial charge in [0.05, 0.1) is 13.1 Å². The minimum atomic E-state index is -0.224. The lowest BCUT2D eigenvalue weighted by Crippen LogP contribution is -2.28. The molecule has 2 aromatic carbocycles. The van der Waals surface area contributed by atoms with E-state index < -0.39 is 0 Å². The third-order valence-electron chi connectivity index (χ3n) is 4.87. The number of likely N-dealkylation sites (tertiary alicyclic amines) is 1. The van der Waals surface area contributed by atoms with E-state index in [1.807, 2.05) is 36.5 Å². The van der Waals surface area contributed by atoms with Crippen molar-refractivity contribution in [3.8, 4) is 0 Å². The standard InChI is InChI=1S/C22H20N4O3/c27-20-10-11-21(28)26(20)14-16-6-8-17(9-7-16)22(29)24-19-5-2-1-4-18(19)15-25-13-3-12-23-25/h1-9,12-13H,10-11,14-15H2,(H,24,29). The topological polar surface area (TPSA) is 84.3 Å². The third-order valence-corrected chi connectivity index (χ3v) is 4.87. The molecule has 0 atom stereocenters. The molecule has 3 amide bonds. The number of benzene rings is 2. The fourth-order valence-electron chi connectivity index (χ4n) is 3.29. The van der Waals surface area contributed by atoms with Crippen molar-refractivity contribution >= 4 is 23.4 Å². The molecule has 29 heavy (non-hydrogen) atoms. The number of aromatic nitrogens is 2. The molecule has 1 aliphatic rings. The lowest BCUT2D eigenvalue weighted by molar-refractivity contribution is -0.139. The smallest absolute Gasteiger partial charge is 0.255 e. The number of hydrogen-bond donors (Lipinski definition) is 1. The third kappa shape index (κ3) is 4.24. The molecule has 3 aromatic rings. The van der Waals surface area contributed by atoms with Gasteiger partial charge in [-0.2, -0.15) is 5.10 Å². The lowest BCUT2D eigenvalue weighted by atomic mass is 10.1. The quantitative estimate of drug-likeness (QED) is 0.658. The predicted molar refractivity (Wildman–Crippen MR) is 107 cm³/mol. The van der Waals surface area contributed by atoms with E-state index >= 15 is 0 Å². The monoisotopic (exact) mass is 388 g/mol. The maximum atomic E-state index is 12.7. The van der Waals surface area contributed by atoms with Gasteiger partial charge in [-0.25, -0.2) is 0 Å². The molecule has 0 spiro atoms. The predicted octanol–water partition coefficient (Wildman–Crippen LogP) is 2.83. The fourth-order valence-corrected chi connectivity index (χ4v) is 3.29. The van der Waals surface area contributed by atoms with Gasteiger partial charge in [0.15, 0.2) is 0 Å². The molecule has 7 nitrogen and oxygen atoms in total. The Labute approximate surface area is 167 Å². The van der Waals surface area contributed by atoms with Gasteiger partial charge in [-0.1, -0.05) is 30.3 Å². The zero-order valence-corrected chi connectivity index (χ0v) is 15.7. The van der Waals surface area contributed by atoms with Gasteiger partial charge in [0.1, 0.15) is 0 Å². The highest BCUT2D eigenvalue weighted by Gasteiger charge is 2.28. The number of hydrogen-bond acceptors (Lipinski definition) is 4. The van der Waals surface area contributed by atoms with Crippen molar-refractivity contribution in [2.45, 2.75) is 25.9 Å². The van der Waals surface area contributed by atoms with Gasteiger partial charge in [0.2, 0.25) is 11.8 Å². The van der Waals surface area contributed by atoms with Crippen LogP contribution < -0.4 is 5.32 Å². The molecule has 0 bridgehead atoms. The molecule has 0 radical (unpaired) electrons. The summed E-state index contributed by atoms with van der Waals surface area (Å²) in [6, 6.07) is 16.4. The Morgan fingerprint density at radius 3 is 2.34 bits per heavy atom. The number of para-hydroxylation sites is 1. The van der Waals surface area contributed by atoms with E-state index in [4.69, 9.17) is 0 Å². The van der Waals surface area contributed by atoms with Crippen molar-refractivity contribution in [3.63, 3.8) is 0 Å². The number of nitrogens with zero attached hydrogens (tertiary/aromatic N) is 3. The van der Waals surface area contributed by atoms with Crippen molar-refractivity contribution in [1.82, 2.24) is 14.7 Å². The molecule has 1 N–H and O–H groups in total. The van der Waals surface area contributed by atoms with E-state index in [0.29, 0.717) is 12.1 Å². The summed E-state index contributed by atoms with van der Waals surface area (Å²) < 4.78 is 1.79. The van der Waals surface area contributed by atoms with E-state index in [9.17, 15) is 14.4 Å². The molecular formula is C22H20N4O3. The van der Waals surface area contributed by atoms with E-state index in [1.54, 1.807) is 35.1 Å². The molecule has 2 heterocycles. The van der Waals surface area contributed by atoms with Crippen LogP contribution in [0.1, 0.15) is 34.3 Å². The van der Waals surface area contributed by atoms with Gasteiger partial charge in [-0.15, -0.1) is 0 Å². The highest BCUT2D eigenvalue weighted by Crippen LogP contribution is 2.19. The second-order valence-corrected chi connectivity index (χ2v) is 6.89. The molecule has 1 aromatic heterocycles. The number of amides is 3. The van der Waals surface area contributed by atoms with E-state index in [2.05, 4.69) is 10.4 Å². The Hall–Kier alpha value is -3.74. The molecule has 4 rings (SSSR count). The van der Waals surface area contributed by atoms with E-state index in [-0.39, 0.29) is 37.1 Å². The summed E-state index contributed by atoms with van der Waals surface area (Å²) in [5.41, 5.74) is 2.99. The zero-order valence-electron chi connectivity index (χ0n) is 15.7. The summed E-state index contributed by atoms with van der Waals surface area (Å²) in [5.74, 6) is -0.519. The molecule has 0 unspecified atom stereocenters. The van der Waals surface area contributed by atoms with Gasteiger partial charge in [-0.05, 0) is 35.4 Å². The second kappa shape index (κ2) is 8.10. The number of nitrogens with one attached hydrogen (secondary N) is 1. The number of imide groups is 1. The lowest BCUT2D eigenvalue weighted by Gasteiger charge is -2.14. The summed E-state index contributed by atoms with van der Waals surface area (Å²) in [7, 11) is 0. The van der Waals surface area contributed by atoms with Crippen LogP contribution in [-0.4, -0.2) is 32.4 Å². The van der Waals surface area contributed by atoms with E-state index in [1.165, 1.54) is 4.90 Å². The van der Waals surface area contributed by atoms with Crippen molar-refractivity contribution in [2.75, 3.05) is 5.32 Å². The maximum absolute atomic E-state index is 12.7. The first-order valence-electron chi connectivity index (χ1n) is 9.39. The minimum absolute atomic E-state index is 0.148. The highest BCUT2D eigenvalue weighted by molar-refractivity contribution is 6.04. The summed E-state index contributed by atoms with van der Waals surface area (Å²) in [6.45, 7) is 0.798. The summed E-state index contributed by atoms with van der Waals surface area (Å²) in [5, 5.41) is 7.15. The molecular weight excluding hydrogens is 368 g/mol. The first-order valence-corrected chi connectivity index (χ1v) is 9.39. The Balaban J connectivity index is 1.44. The molecule has 0 saturated carbocycles. The first-order chi connectivity index (χ1) is 14.1. The van der Waals surface area contributed by atoms with Crippen LogP contribution in [0.2, 0.25) is 0 Å². The van der Waals surface area contributed by atoms with Crippen LogP contribution in [-0.2, 0) is 22.7 Å². The van der Waals surface area contributed by atoms with Crippen LogP contribution in [0.25, 0.3) is 0 Å². The van der Waals surface area contributed by atoms with Crippen molar-refractivity contribution in [3.05, 3.63) is 83.7 Å². The Morgan fingerprint density at radius 2 is 1.66 bits per heavy atom. The van der Waals surface area contributed by atoms with Crippen molar-refractivity contribution in [1.29, 1.82) is 0 Å². The van der Waals surface area contributed by atoms with Gasteiger partial charge >= 0.3 is 0 Å². The van der Waals surface area contributed by atoms with Crippen LogP contribution in [0.5, 0.6) is 0 Å². The summed E-state index contributed by atoms with van der Waals surface area (Å²) in [6.07, 6.45) is 4.13. The van der Waals surface area contributed by atoms with Crippen LogP contribution in [0.4, 0.5) is 5.69 Å². The number of anilines is 1. The molecule has 1 aliphatic heterocycles. The maximum Gasteiger partial charge on any atom is 0.255 e. The van der Waals surface area contributed by atoms with Crippen LogP contribution >= 0.6 is 0 Å². The fraction of sp³-hybridized carbons (Fsp3) is 0.182. The van der Waals surface area contributed by atoms with E-state index in [0.717, 1.165) is 16.8 Å². The largest absolute Gasteiger partial charge is 0.322 e. The average Bonchev–Trinajstić information content (AvgIpc) is 3.35. The van der Waals surface area contributed by atoms with Gasteiger partial charge in [-0.3, -0.25) is 24.0 Å². The molecule has 7 heteroatoms. The Bertz CT molecular complexity index is 1030. The average molecular weight is 388 g/mol. The van der Waals surface area contributed by atoms with Crippen molar-refractivity contribution in [2.24, 2.45) is 0 Å². The van der Waals surface area contributed by atoms with Gasteiger partial charge < -0.3 is 5.32 Å². The highest BCUT2D eigenvalue weighted by atomic mass is 16.2. The molecule has 0 aliphatic carbocycles. The summed E-state index contributed by atoms with van der Waals surface area (Å²) >= 11 is 0. The molecule has 1 saturated heterocycles. The Morgan fingerprint density at radius 1 is 0.931 bits per heavy atom. The molecule has 146 valence electrons. The SMILES string of the molecule is O=C(Nc1ccccc1Cn1cccn1)c1ccc(CN2C(=O)CCC2=O)cc1.